The molecule has 0 unspecified atom stereocenters. The molecule has 1 saturated heterocycles. The van der Waals surface area contributed by atoms with Crippen molar-refractivity contribution in [2.24, 2.45) is 0 Å². The molecule has 1 fully saturated rings. The third-order valence-corrected chi connectivity index (χ3v) is 5.39. The zero-order valence-corrected chi connectivity index (χ0v) is 15.6. The summed E-state index contributed by atoms with van der Waals surface area (Å²) in [6.45, 7) is 4.89. The largest absolute Gasteiger partial charge is 0.489 e. The van der Waals surface area contributed by atoms with Crippen LogP contribution in [-0.2, 0) is 18.0 Å². The van der Waals surface area contributed by atoms with Crippen molar-refractivity contribution in [3.63, 3.8) is 0 Å². The number of hydrogen-bond donors (Lipinski definition) is 1. The van der Waals surface area contributed by atoms with Gasteiger partial charge in [0.1, 0.15) is 17.7 Å². The van der Waals surface area contributed by atoms with Crippen LogP contribution in [0.3, 0.4) is 0 Å². The molecule has 0 atom stereocenters. The highest BCUT2D eigenvalue weighted by atomic mass is 16.5. The second-order valence-electron chi connectivity index (χ2n) is 7.33. The Hall–Kier alpha value is -3.00. The maximum Gasteiger partial charge on any atom is 0.273 e. The van der Waals surface area contributed by atoms with Gasteiger partial charge in [-0.25, -0.2) is 10.1 Å². The zero-order chi connectivity index (χ0) is 19.1. The molecular weight excluding hydrogens is 358 g/mol. The number of rotatable bonds is 3. The van der Waals surface area contributed by atoms with Gasteiger partial charge in [-0.2, -0.15) is 5.10 Å². The summed E-state index contributed by atoms with van der Waals surface area (Å²) >= 11 is 0. The van der Waals surface area contributed by atoms with E-state index in [9.17, 15) is 4.79 Å². The lowest BCUT2D eigenvalue weighted by atomic mass is 10.1. The number of H-pyrrole nitrogens is 1. The van der Waals surface area contributed by atoms with E-state index in [0.29, 0.717) is 24.1 Å². The number of aryl methyl sites for hydroxylation is 1. The fourth-order valence-electron chi connectivity index (χ4n) is 3.90. The first-order valence-electron chi connectivity index (χ1n) is 9.49. The average molecular weight is 379 g/mol. The lowest BCUT2D eigenvalue weighted by Gasteiger charge is -2.33. The monoisotopic (exact) mass is 379 g/mol. The number of hydrogen-bond acceptors (Lipinski definition) is 7. The normalized spacial score (nSPS) is 17.1. The summed E-state index contributed by atoms with van der Waals surface area (Å²) < 4.78 is 11.6. The van der Waals surface area contributed by atoms with Crippen molar-refractivity contribution >= 4 is 16.7 Å². The second-order valence-corrected chi connectivity index (χ2v) is 7.33. The summed E-state index contributed by atoms with van der Waals surface area (Å²) in [4.78, 5) is 23.3. The molecular formula is C20H21N5O3. The SMILES string of the molecule is Cc1cc2c(=O)[nH]ncc2nc1N1CCC(Oc2cnc3c(c2)COC3)CC1. The zero-order valence-electron chi connectivity index (χ0n) is 15.6. The minimum absolute atomic E-state index is 0.156. The molecule has 28 heavy (non-hydrogen) atoms. The maximum atomic E-state index is 11.9. The molecule has 1 N–H and O–H groups in total. The Kier molecular flexibility index (Phi) is 4.20. The van der Waals surface area contributed by atoms with Gasteiger partial charge in [-0.05, 0) is 24.6 Å². The van der Waals surface area contributed by atoms with E-state index in [4.69, 9.17) is 9.47 Å². The van der Waals surface area contributed by atoms with Gasteiger partial charge in [0.05, 0.1) is 42.2 Å². The summed E-state index contributed by atoms with van der Waals surface area (Å²) in [5.41, 5.74) is 3.53. The van der Waals surface area contributed by atoms with E-state index in [-0.39, 0.29) is 11.7 Å². The van der Waals surface area contributed by atoms with Crippen LogP contribution in [0.1, 0.15) is 29.7 Å². The van der Waals surface area contributed by atoms with Crippen LogP contribution < -0.4 is 15.2 Å². The molecule has 2 aliphatic heterocycles. The first-order chi connectivity index (χ1) is 13.7. The highest BCUT2D eigenvalue weighted by Gasteiger charge is 2.24. The molecule has 2 aliphatic rings. The number of aromatic nitrogens is 4. The first kappa shape index (κ1) is 17.1. The minimum Gasteiger partial charge on any atom is -0.489 e. The van der Waals surface area contributed by atoms with Crippen LogP contribution in [0.4, 0.5) is 5.82 Å². The highest BCUT2D eigenvalue weighted by molar-refractivity contribution is 5.80. The molecule has 144 valence electrons. The molecule has 5 rings (SSSR count). The van der Waals surface area contributed by atoms with Crippen LogP contribution in [0.25, 0.3) is 10.9 Å². The predicted molar refractivity (Wildman–Crippen MR) is 103 cm³/mol. The Morgan fingerprint density at radius 1 is 1.21 bits per heavy atom. The molecule has 0 saturated carbocycles. The Morgan fingerprint density at radius 2 is 2.07 bits per heavy atom. The minimum atomic E-state index is -0.208. The van der Waals surface area contributed by atoms with Crippen molar-refractivity contribution in [3.8, 4) is 5.75 Å². The van der Waals surface area contributed by atoms with Gasteiger partial charge in [-0.15, -0.1) is 0 Å². The standard InChI is InChI=1S/C20H21N5O3/c1-12-6-16-17(9-22-24-20(16)26)23-19(12)25-4-2-14(3-5-25)28-15-7-13-10-27-11-18(13)21-8-15/h6-9,14H,2-5,10-11H2,1H3,(H,24,26). The van der Waals surface area contributed by atoms with Gasteiger partial charge in [0.2, 0.25) is 0 Å². The van der Waals surface area contributed by atoms with Gasteiger partial charge >= 0.3 is 0 Å². The van der Waals surface area contributed by atoms with Crippen LogP contribution in [0.15, 0.2) is 29.3 Å². The average Bonchev–Trinajstić information content (AvgIpc) is 3.17. The van der Waals surface area contributed by atoms with E-state index in [1.807, 2.05) is 19.1 Å². The molecule has 3 aromatic heterocycles. The van der Waals surface area contributed by atoms with Crippen molar-refractivity contribution in [3.05, 3.63) is 51.7 Å². The van der Waals surface area contributed by atoms with Gasteiger partial charge in [-0.1, -0.05) is 0 Å². The number of aromatic amines is 1. The van der Waals surface area contributed by atoms with E-state index in [1.54, 1.807) is 12.4 Å². The van der Waals surface area contributed by atoms with Gasteiger partial charge in [-0.3, -0.25) is 9.78 Å². The number of piperidine rings is 1. The smallest absolute Gasteiger partial charge is 0.273 e. The lowest BCUT2D eigenvalue weighted by molar-refractivity contribution is 0.133. The molecule has 8 heteroatoms. The van der Waals surface area contributed by atoms with Crippen molar-refractivity contribution in [2.75, 3.05) is 18.0 Å². The molecule has 5 heterocycles. The van der Waals surface area contributed by atoms with Gasteiger partial charge < -0.3 is 14.4 Å². The maximum absolute atomic E-state index is 11.9. The van der Waals surface area contributed by atoms with Gasteiger partial charge in [0.15, 0.2) is 0 Å². The molecule has 0 aromatic carbocycles. The summed E-state index contributed by atoms with van der Waals surface area (Å²) in [7, 11) is 0. The summed E-state index contributed by atoms with van der Waals surface area (Å²) in [6, 6.07) is 3.93. The number of pyridine rings is 2. The first-order valence-corrected chi connectivity index (χ1v) is 9.49. The van der Waals surface area contributed by atoms with Crippen molar-refractivity contribution in [1.82, 2.24) is 20.2 Å². The molecule has 0 spiro atoms. The Labute approximate surface area is 161 Å². The third-order valence-electron chi connectivity index (χ3n) is 5.39. The molecule has 0 bridgehead atoms. The van der Waals surface area contributed by atoms with Crippen LogP contribution in [0, 0.1) is 6.92 Å². The number of nitrogens with one attached hydrogen (secondary N) is 1. The summed E-state index contributed by atoms with van der Waals surface area (Å²) in [5.74, 6) is 1.72. The van der Waals surface area contributed by atoms with Crippen LogP contribution in [0.2, 0.25) is 0 Å². The third kappa shape index (κ3) is 3.09. The van der Waals surface area contributed by atoms with E-state index < -0.39 is 0 Å². The van der Waals surface area contributed by atoms with Crippen LogP contribution >= 0.6 is 0 Å². The quantitative estimate of drug-likeness (QED) is 0.745. The molecule has 0 aliphatic carbocycles. The fraction of sp³-hybridized carbons (Fsp3) is 0.400. The highest BCUT2D eigenvalue weighted by Crippen LogP contribution is 2.27. The summed E-state index contributed by atoms with van der Waals surface area (Å²) in [6.07, 6.45) is 5.35. The topological polar surface area (TPSA) is 93.2 Å². The predicted octanol–water partition coefficient (Wildman–Crippen LogP) is 2.10. The van der Waals surface area contributed by atoms with Crippen molar-refractivity contribution in [1.29, 1.82) is 0 Å². The van der Waals surface area contributed by atoms with Crippen molar-refractivity contribution < 1.29 is 9.47 Å². The molecule has 0 amide bonds. The Balaban J connectivity index is 1.29. The van der Waals surface area contributed by atoms with Crippen molar-refractivity contribution in [2.45, 2.75) is 39.1 Å². The van der Waals surface area contributed by atoms with Gasteiger partial charge in [0, 0.05) is 31.5 Å². The number of nitrogens with zero attached hydrogens (tertiary/aromatic N) is 4. The number of ether oxygens (including phenoxy) is 2. The fourth-order valence-corrected chi connectivity index (χ4v) is 3.90. The molecule has 3 aromatic rings. The van der Waals surface area contributed by atoms with E-state index in [0.717, 1.165) is 54.3 Å². The summed E-state index contributed by atoms with van der Waals surface area (Å²) in [5, 5.41) is 6.89. The van der Waals surface area contributed by atoms with Gasteiger partial charge in [0.25, 0.3) is 5.56 Å². The van der Waals surface area contributed by atoms with E-state index >= 15 is 0 Å². The molecule has 8 nitrogen and oxygen atoms in total. The molecule has 0 radical (unpaired) electrons. The van der Waals surface area contributed by atoms with Crippen LogP contribution in [0.5, 0.6) is 5.75 Å². The number of fused-ring (bicyclic) bond motifs is 2. The Morgan fingerprint density at radius 3 is 2.93 bits per heavy atom. The van der Waals surface area contributed by atoms with E-state index in [2.05, 4.69) is 25.1 Å². The Bertz CT molecular complexity index is 1090. The van der Waals surface area contributed by atoms with E-state index in [1.165, 1.54) is 0 Å². The number of anilines is 1. The van der Waals surface area contributed by atoms with Crippen LogP contribution in [-0.4, -0.2) is 39.4 Å². The lowest BCUT2D eigenvalue weighted by Crippen LogP contribution is -2.39. The second kappa shape index (κ2) is 6.87.